The van der Waals surface area contributed by atoms with Crippen molar-refractivity contribution in [2.75, 3.05) is 6.61 Å². The van der Waals surface area contributed by atoms with E-state index < -0.39 is 11.9 Å². The lowest BCUT2D eigenvalue weighted by atomic mass is 9.93. The molecule has 0 fully saturated rings. The summed E-state index contributed by atoms with van der Waals surface area (Å²) in [5, 5.41) is 13.4. The molecule has 8 nitrogen and oxygen atoms in total. The third kappa shape index (κ3) is 5.65. The summed E-state index contributed by atoms with van der Waals surface area (Å²) in [6.45, 7) is 11.3. The number of nitrogens with zero attached hydrogens (tertiary/aromatic N) is 3. The zero-order valence-electron chi connectivity index (χ0n) is 16.0. The van der Waals surface area contributed by atoms with E-state index in [1.165, 1.54) is 13.1 Å². The Morgan fingerprint density at radius 2 is 1.88 bits per heavy atom. The molecule has 2 aromatic rings. The fourth-order valence-corrected chi connectivity index (χ4v) is 2.04. The van der Waals surface area contributed by atoms with Crippen molar-refractivity contribution in [3.05, 3.63) is 29.2 Å². The first-order valence-corrected chi connectivity index (χ1v) is 8.21. The molecule has 2 rings (SSSR count). The van der Waals surface area contributed by atoms with Crippen LogP contribution in [0.2, 0.25) is 0 Å². The average molecular weight is 363 g/mol. The molecular formula is C18H25N3O5. The fraction of sp³-hybridized carbons (Fsp3) is 0.500. The maximum Gasteiger partial charge on any atom is 0.339 e. The van der Waals surface area contributed by atoms with Crippen molar-refractivity contribution >= 4 is 23.4 Å². The number of aromatic carboxylic acids is 1. The molecule has 0 saturated heterocycles. The van der Waals surface area contributed by atoms with Crippen LogP contribution in [0.1, 0.15) is 62.8 Å². The van der Waals surface area contributed by atoms with E-state index in [4.69, 9.17) is 5.11 Å². The van der Waals surface area contributed by atoms with Gasteiger partial charge in [0.2, 0.25) is 0 Å². The lowest BCUT2D eigenvalue weighted by molar-refractivity contribution is -0.145. The Balaban J connectivity index is 0.000000321. The van der Waals surface area contributed by atoms with Crippen LogP contribution in [0.4, 0.5) is 0 Å². The van der Waals surface area contributed by atoms with E-state index in [1.54, 1.807) is 18.4 Å². The van der Waals surface area contributed by atoms with Gasteiger partial charge in [-0.3, -0.25) is 9.59 Å². The Hall–Kier alpha value is -2.77. The highest BCUT2D eigenvalue weighted by molar-refractivity contribution is 5.94. The number of fused-ring (bicyclic) bond motifs is 1. The minimum Gasteiger partial charge on any atom is -0.478 e. The van der Waals surface area contributed by atoms with Crippen molar-refractivity contribution in [2.45, 2.75) is 53.4 Å². The average Bonchev–Trinajstić information content (AvgIpc) is 2.92. The van der Waals surface area contributed by atoms with Gasteiger partial charge in [0, 0.05) is 17.7 Å². The van der Waals surface area contributed by atoms with E-state index in [-0.39, 0.29) is 23.2 Å². The monoisotopic (exact) mass is 363 g/mol. The summed E-state index contributed by atoms with van der Waals surface area (Å²) in [7, 11) is 0. The van der Waals surface area contributed by atoms with Crippen molar-refractivity contribution in [3.8, 4) is 0 Å². The molecule has 0 spiro atoms. The van der Waals surface area contributed by atoms with Gasteiger partial charge in [0.05, 0.1) is 23.6 Å². The van der Waals surface area contributed by atoms with Crippen LogP contribution in [0.15, 0.2) is 12.3 Å². The lowest BCUT2D eigenvalue weighted by Gasteiger charge is -2.13. The molecule has 0 unspecified atom stereocenters. The SMILES string of the molecule is CCOC(=O)CC(C)=O.Cc1c(C(=O)O)cnc2cc(C(C)(C)C)nn12. The van der Waals surface area contributed by atoms with Crippen LogP contribution in [-0.4, -0.2) is 44.0 Å². The number of rotatable bonds is 4. The number of hydrogen-bond acceptors (Lipinski definition) is 6. The molecule has 2 aromatic heterocycles. The van der Waals surface area contributed by atoms with Gasteiger partial charge in [-0.05, 0) is 20.8 Å². The molecule has 0 bridgehead atoms. The van der Waals surface area contributed by atoms with Crippen LogP contribution >= 0.6 is 0 Å². The van der Waals surface area contributed by atoms with Crippen molar-refractivity contribution in [3.63, 3.8) is 0 Å². The number of hydrogen-bond donors (Lipinski definition) is 1. The Kier molecular flexibility index (Phi) is 7.00. The molecule has 0 amide bonds. The second kappa shape index (κ2) is 8.55. The van der Waals surface area contributed by atoms with E-state index in [9.17, 15) is 14.4 Å². The number of esters is 1. The van der Waals surface area contributed by atoms with Crippen molar-refractivity contribution in [1.29, 1.82) is 0 Å². The molecule has 0 aliphatic heterocycles. The number of ether oxygens (including phenoxy) is 1. The molecule has 0 aliphatic rings. The summed E-state index contributed by atoms with van der Waals surface area (Å²) >= 11 is 0. The van der Waals surface area contributed by atoms with E-state index >= 15 is 0 Å². The van der Waals surface area contributed by atoms with Gasteiger partial charge in [0.1, 0.15) is 12.2 Å². The molecule has 1 N–H and O–H groups in total. The van der Waals surface area contributed by atoms with E-state index in [2.05, 4.69) is 35.6 Å². The smallest absolute Gasteiger partial charge is 0.339 e. The van der Waals surface area contributed by atoms with Crippen LogP contribution in [0, 0.1) is 6.92 Å². The molecule has 26 heavy (non-hydrogen) atoms. The van der Waals surface area contributed by atoms with E-state index in [0.717, 1.165) is 5.69 Å². The van der Waals surface area contributed by atoms with Gasteiger partial charge in [0.25, 0.3) is 0 Å². The molecular weight excluding hydrogens is 338 g/mol. The summed E-state index contributed by atoms with van der Waals surface area (Å²) in [6.07, 6.45) is 1.27. The third-order valence-electron chi connectivity index (χ3n) is 3.42. The van der Waals surface area contributed by atoms with Crippen LogP contribution in [-0.2, 0) is 19.7 Å². The third-order valence-corrected chi connectivity index (χ3v) is 3.42. The minimum absolute atomic E-state index is 0.0798. The molecule has 0 saturated carbocycles. The van der Waals surface area contributed by atoms with E-state index in [0.29, 0.717) is 17.9 Å². The number of ketones is 1. The highest BCUT2D eigenvalue weighted by Gasteiger charge is 2.20. The number of carbonyl (C=O) groups excluding carboxylic acids is 2. The van der Waals surface area contributed by atoms with Gasteiger partial charge < -0.3 is 9.84 Å². The highest BCUT2D eigenvalue weighted by atomic mass is 16.5. The maximum absolute atomic E-state index is 11.0. The number of aromatic nitrogens is 3. The second-order valence-electron chi connectivity index (χ2n) is 6.80. The molecule has 8 heteroatoms. The molecule has 0 radical (unpaired) electrons. The predicted molar refractivity (Wildman–Crippen MR) is 95.3 cm³/mol. The number of carboxylic acids is 1. The summed E-state index contributed by atoms with van der Waals surface area (Å²) in [5.74, 6) is -1.58. The Bertz CT molecular complexity index is 818. The molecule has 0 aliphatic carbocycles. The maximum atomic E-state index is 11.0. The van der Waals surface area contributed by atoms with Gasteiger partial charge in [-0.2, -0.15) is 5.10 Å². The quantitative estimate of drug-likeness (QED) is 0.656. The Morgan fingerprint density at radius 1 is 1.27 bits per heavy atom. The predicted octanol–water partition coefficient (Wildman–Crippen LogP) is 2.56. The number of Topliss-reactive ketones (excluding diaryl/α,β-unsaturated/α-hetero) is 1. The first kappa shape index (κ1) is 21.3. The van der Waals surface area contributed by atoms with Crippen LogP contribution < -0.4 is 0 Å². The second-order valence-corrected chi connectivity index (χ2v) is 6.80. The first-order chi connectivity index (χ1) is 12.0. The summed E-state index contributed by atoms with van der Waals surface area (Å²) in [4.78, 5) is 35.7. The minimum atomic E-state index is -0.982. The Morgan fingerprint density at radius 3 is 2.35 bits per heavy atom. The van der Waals surface area contributed by atoms with Crippen LogP contribution in [0.25, 0.3) is 5.65 Å². The normalized spacial score (nSPS) is 10.8. The van der Waals surface area contributed by atoms with Gasteiger partial charge in [-0.1, -0.05) is 20.8 Å². The fourth-order valence-electron chi connectivity index (χ4n) is 2.04. The molecule has 2 heterocycles. The number of aryl methyl sites for hydroxylation is 1. The van der Waals surface area contributed by atoms with Crippen molar-refractivity contribution in [1.82, 2.24) is 14.6 Å². The van der Waals surface area contributed by atoms with Gasteiger partial charge in [0.15, 0.2) is 5.65 Å². The summed E-state index contributed by atoms with van der Waals surface area (Å²) in [5.41, 5.74) is 2.27. The lowest BCUT2D eigenvalue weighted by Crippen LogP contribution is -2.12. The van der Waals surface area contributed by atoms with Gasteiger partial charge in [-0.15, -0.1) is 0 Å². The highest BCUT2D eigenvalue weighted by Crippen LogP contribution is 2.22. The molecule has 0 aromatic carbocycles. The van der Waals surface area contributed by atoms with E-state index in [1.807, 2.05) is 6.07 Å². The number of carbonyl (C=O) groups is 3. The summed E-state index contributed by atoms with van der Waals surface area (Å²) in [6, 6.07) is 1.89. The largest absolute Gasteiger partial charge is 0.478 e. The van der Waals surface area contributed by atoms with Gasteiger partial charge >= 0.3 is 11.9 Å². The van der Waals surface area contributed by atoms with Gasteiger partial charge in [-0.25, -0.2) is 14.3 Å². The molecule has 142 valence electrons. The summed E-state index contributed by atoms with van der Waals surface area (Å²) < 4.78 is 6.08. The topological polar surface area (TPSA) is 111 Å². The zero-order valence-corrected chi connectivity index (χ0v) is 16.0. The van der Waals surface area contributed by atoms with Crippen molar-refractivity contribution < 1.29 is 24.2 Å². The van der Waals surface area contributed by atoms with Crippen LogP contribution in [0.3, 0.4) is 0 Å². The Labute approximate surface area is 152 Å². The number of carboxylic acid groups (broad SMARTS) is 1. The molecule has 0 atom stereocenters. The standard InChI is InChI=1S/C12H15N3O2.C6H10O3/c1-7-8(11(16)17)6-13-10-5-9(12(2,3)4)14-15(7)10;1-3-9-6(8)4-5(2)7/h5-6H,1-4H3,(H,16,17);3-4H2,1-2H3. The van der Waals surface area contributed by atoms with Crippen LogP contribution in [0.5, 0.6) is 0 Å². The zero-order chi connectivity index (χ0) is 20.1. The van der Waals surface area contributed by atoms with Crippen molar-refractivity contribution in [2.24, 2.45) is 0 Å². The first-order valence-electron chi connectivity index (χ1n) is 8.21.